The Bertz CT molecular complexity index is 514. The number of benzene rings is 1. The van der Waals surface area contributed by atoms with Crippen molar-refractivity contribution < 1.29 is 9.13 Å². The molecule has 0 radical (unpaired) electrons. The number of hydrogen-bond acceptors (Lipinski definition) is 3. The predicted octanol–water partition coefficient (Wildman–Crippen LogP) is 2.23. The molecule has 0 spiro atoms. The monoisotopic (exact) mass is 220 g/mol. The van der Waals surface area contributed by atoms with Gasteiger partial charge in [0.2, 0.25) is 0 Å². The van der Waals surface area contributed by atoms with Crippen molar-refractivity contribution >= 4 is 10.9 Å². The normalized spacial score (nSPS) is 10.7. The highest BCUT2D eigenvalue weighted by Gasteiger charge is 2.06. The maximum atomic E-state index is 13.5. The molecule has 3 nitrogen and oxygen atoms in total. The summed E-state index contributed by atoms with van der Waals surface area (Å²) in [4.78, 5) is 4.24. The van der Waals surface area contributed by atoms with Crippen LogP contribution in [0.4, 0.5) is 4.39 Å². The maximum absolute atomic E-state index is 13.5. The molecule has 0 atom stereocenters. The first-order valence-corrected chi connectivity index (χ1v) is 5.16. The van der Waals surface area contributed by atoms with Gasteiger partial charge in [-0.2, -0.15) is 0 Å². The fourth-order valence-electron chi connectivity index (χ4n) is 1.55. The van der Waals surface area contributed by atoms with E-state index in [-0.39, 0.29) is 5.75 Å². The molecule has 0 aliphatic carbocycles. The third kappa shape index (κ3) is 1.97. The Kier molecular flexibility index (Phi) is 3.01. The van der Waals surface area contributed by atoms with Crippen molar-refractivity contribution in [3.05, 3.63) is 35.8 Å². The second kappa shape index (κ2) is 4.45. The van der Waals surface area contributed by atoms with Crippen LogP contribution in [-0.4, -0.2) is 11.6 Å². The highest BCUT2D eigenvalue weighted by atomic mass is 19.1. The van der Waals surface area contributed by atoms with E-state index in [2.05, 4.69) is 4.98 Å². The van der Waals surface area contributed by atoms with E-state index in [9.17, 15) is 4.39 Å². The minimum atomic E-state index is -0.393. The predicted molar refractivity (Wildman–Crippen MR) is 60.8 cm³/mol. The van der Waals surface area contributed by atoms with Crippen LogP contribution in [0.25, 0.3) is 10.9 Å². The number of nitrogens with two attached hydrogens (primary N) is 1. The van der Waals surface area contributed by atoms with Gasteiger partial charge in [0.25, 0.3) is 0 Å². The number of halogens is 1. The molecule has 0 amide bonds. The van der Waals surface area contributed by atoms with E-state index in [4.69, 9.17) is 10.5 Å². The zero-order valence-electron chi connectivity index (χ0n) is 9.03. The Morgan fingerprint density at radius 3 is 2.88 bits per heavy atom. The second-order valence-electron chi connectivity index (χ2n) is 3.42. The minimum absolute atomic E-state index is 0.261. The Balaban J connectivity index is 2.55. The summed E-state index contributed by atoms with van der Waals surface area (Å²) in [6.45, 7) is 2.61. The average Bonchev–Trinajstić information content (AvgIpc) is 2.30. The Morgan fingerprint density at radius 1 is 1.38 bits per heavy atom. The molecular weight excluding hydrogens is 207 g/mol. The molecule has 0 saturated carbocycles. The first-order chi connectivity index (χ1) is 7.74. The summed E-state index contributed by atoms with van der Waals surface area (Å²) in [7, 11) is 0. The van der Waals surface area contributed by atoms with Crippen LogP contribution in [0.3, 0.4) is 0 Å². The molecule has 2 aromatic rings. The van der Waals surface area contributed by atoms with Crippen LogP contribution in [0.15, 0.2) is 24.3 Å². The third-order valence-corrected chi connectivity index (χ3v) is 2.31. The molecule has 0 fully saturated rings. The number of ether oxygens (including phenoxy) is 1. The average molecular weight is 220 g/mol. The highest BCUT2D eigenvalue weighted by Crippen LogP contribution is 2.23. The van der Waals surface area contributed by atoms with E-state index >= 15 is 0 Å². The summed E-state index contributed by atoms with van der Waals surface area (Å²) in [5.41, 5.74) is 6.82. The Morgan fingerprint density at radius 2 is 2.19 bits per heavy atom. The van der Waals surface area contributed by atoms with Crippen LogP contribution < -0.4 is 10.5 Å². The molecular formula is C12H13FN2O. The smallest absolute Gasteiger partial charge is 0.167 e. The molecule has 2 N–H and O–H groups in total. The van der Waals surface area contributed by atoms with Gasteiger partial charge in [0.05, 0.1) is 17.8 Å². The molecule has 0 aliphatic heterocycles. The fourth-order valence-corrected chi connectivity index (χ4v) is 1.55. The summed E-state index contributed by atoms with van der Waals surface area (Å²) in [5, 5.41) is 0.849. The van der Waals surface area contributed by atoms with Gasteiger partial charge in [-0.25, -0.2) is 4.39 Å². The lowest BCUT2D eigenvalue weighted by Crippen LogP contribution is -2.00. The second-order valence-corrected chi connectivity index (χ2v) is 3.42. The maximum Gasteiger partial charge on any atom is 0.167 e. The van der Waals surface area contributed by atoms with Crippen LogP contribution in [0.2, 0.25) is 0 Å². The van der Waals surface area contributed by atoms with Gasteiger partial charge in [-0.3, -0.25) is 4.98 Å². The molecule has 1 heterocycles. The van der Waals surface area contributed by atoms with Gasteiger partial charge in [0.1, 0.15) is 0 Å². The lowest BCUT2D eigenvalue weighted by Gasteiger charge is -2.06. The summed E-state index contributed by atoms with van der Waals surface area (Å²) >= 11 is 0. The van der Waals surface area contributed by atoms with Gasteiger partial charge in [0, 0.05) is 18.0 Å². The topological polar surface area (TPSA) is 48.1 Å². The molecule has 4 heteroatoms. The lowest BCUT2D eigenvalue weighted by molar-refractivity contribution is 0.322. The number of hydrogen-bond donors (Lipinski definition) is 1. The number of rotatable bonds is 3. The highest BCUT2D eigenvalue weighted by molar-refractivity contribution is 5.80. The number of nitrogens with zero attached hydrogens (tertiary/aromatic N) is 1. The number of fused-ring (bicyclic) bond motifs is 1. The fraction of sp³-hybridized carbons (Fsp3) is 0.250. The van der Waals surface area contributed by atoms with Crippen molar-refractivity contribution in [2.24, 2.45) is 5.73 Å². The SMILES string of the molecule is CCOc1cc2ccc(CN)nc2cc1F. The molecule has 1 aromatic heterocycles. The van der Waals surface area contributed by atoms with Gasteiger partial charge < -0.3 is 10.5 Å². The molecule has 16 heavy (non-hydrogen) atoms. The molecule has 2 rings (SSSR count). The van der Waals surface area contributed by atoms with E-state index in [1.165, 1.54) is 6.07 Å². The zero-order valence-corrected chi connectivity index (χ0v) is 9.03. The summed E-state index contributed by atoms with van der Waals surface area (Å²) in [6, 6.07) is 6.73. The van der Waals surface area contributed by atoms with Crippen LogP contribution in [0.1, 0.15) is 12.6 Å². The van der Waals surface area contributed by atoms with Crippen LogP contribution in [0, 0.1) is 5.82 Å². The van der Waals surface area contributed by atoms with E-state index in [1.807, 2.05) is 19.1 Å². The number of pyridine rings is 1. The molecule has 0 aliphatic rings. The van der Waals surface area contributed by atoms with Gasteiger partial charge >= 0.3 is 0 Å². The summed E-state index contributed by atoms with van der Waals surface area (Å²) in [5.74, 6) is -0.131. The van der Waals surface area contributed by atoms with Crippen molar-refractivity contribution in [2.45, 2.75) is 13.5 Å². The van der Waals surface area contributed by atoms with E-state index in [1.54, 1.807) is 6.07 Å². The lowest BCUT2D eigenvalue weighted by atomic mass is 10.2. The third-order valence-electron chi connectivity index (χ3n) is 2.31. The minimum Gasteiger partial charge on any atom is -0.491 e. The quantitative estimate of drug-likeness (QED) is 0.862. The standard InChI is InChI=1S/C12H13FN2O/c1-2-16-12-5-8-3-4-9(7-14)15-11(8)6-10(12)13/h3-6H,2,7,14H2,1H3. The summed E-state index contributed by atoms with van der Waals surface area (Å²) in [6.07, 6.45) is 0. The van der Waals surface area contributed by atoms with Gasteiger partial charge in [-0.15, -0.1) is 0 Å². The van der Waals surface area contributed by atoms with Crippen molar-refractivity contribution in [3.8, 4) is 5.75 Å². The molecule has 0 unspecified atom stereocenters. The van der Waals surface area contributed by atoms with E-state index in [0.717, 1.165) is 11.1 Å². The molecule has 0 bridgehead atoms. The van der Waals surface area contributed by atoms with Crippen molar-refractivity contribution in [1.29, 1.82) is 0 Å². The Hall–Kier alpha value is -1.68. The van der Waals surface area contributed by atoms with Gasteiger partial charge in [-0.1, -0.05) is 6.07 Å². The largest absolute Gasteiger partial charge is 0.491 e. The first-order valence-electron chi connectivity index (χ1n) is 5.16. The molecule has 1 aromatic carbocycles. The van der Waals surface area contributed by atoms with Gasteiger partial charge in [0.15, 0.2) is 11.6 Å². The Labute approximate surface area is 93.0 Å². The molecule has 84 valence electrons. The van der Waals surface area contributed by atoms with Crippen LogP contribution >= 0.6 is 0 Å². The van der Waals surface area contributed by atoms with Crippen molar-refractivity contribution in [2.75, 3.05) is 6.61 Å². The van der Waals surface area contributed by atoms with E-state index in [0.29, 0.717) is 18.7 Å². The zero-order chi connectivity index (χ0) is 11.5. The van der Waals surface area contributed by atoms with Crippen LogP contribution in [0.5, 0.6) is 5.75 Å². The van der Waals surface area contributed by atoms with Crippen molar-refractivity contribution in [1.82, 2.24) is 4.98 Å². The first kappa shape index (κ1) is 10.8. The number of aromatic nitrogens is 1. The van der Waals surface area contributed by atoms with Crippen molar-refractivity contribution in [3.63, 3.8) is 0 Å². The van der Waals surface area contributed by atoms with Gasteiger partial charge in [-0.05, 0) is 19.1 Å². The molecule has 0 saturated heterocycles. The van der Waals surface area contributed by atoms with E-state index < -0.39 is 5.82 Å². The summed E-state index contributed by atoms with van der Waals surface area (Å²) < 4.78 is 18.7. The van der Waals surface area contributed by atoms with Crippen LogP contribution in [-0.2, 0) is 6.54 Å².